The van der Waals surface area contributed by atoms with Gasteiger partial charge in [0.2, 0.25) is 5.52 Å². The molecule has 0 aliphatic rings. The molecule has 1 N–H and O–H groups in total. The number of fused-ring (bicyclic) bond motifs is 1. The Morgan fingerprint density at radius 3 is 2.74 bits per heavy atom. The van der Waals surface area contributed by atoms with Crippen molar-refractivity contribution < 1.29 is 4.57 Å². The number of aryl methyl sites for hydroxylation is 2. The molecule has 1 heterocycles. The smallest absolute Gasteiger partial charge is 0.213 e. The molecule has 0 aliphatic carbocycles. The van der Waals surface area contributed by atoms with Crippen LogP contribution in [0.5, 0.6) is 0 Å². The Kier molecular flexibility index (Phi) is 5.93. The average molecular weight is 305 g/mol. The van der Waals surface area contributed by atoms with Crippen LogP contribution in [-0.2, 0) is 7.05 Å². The van der Waals surface area contributed by atoms with Crippen molar-refractivity contribution in [2.75, 3.05) is 7.05 Å². The molecule has 0 saturated carbocycles. The van der Waals surface area contributed by atoms with Crippen LogP contribution in [0.2, 0.25) is 0 Å². The standard InChI is InChI=1S/C21H24N2/c1-17(8-6-5-7-14-22-3)9-11-19-13-15-23(4)21-16-18(2)10-12-20(19)21/h5-16H,1-4H3/p+1. The lowest BCUT2D eigenvalue weighted by molar-refractivity contribution is -0.644. The minimum Gasteiger partial charge on any atom is -0.394 e. The van der Waals surface area contributed by atoms with Crippen LogP contribution in [-0.4, -0.2) is 7.05 Å². The van der Waals surface area contributed by atoms with Crippen molar-refractivity contribution in [1.82, 2.24) is 5.32 Å². The molecule has 1 aromatic heterocycles. The van der Waals surface area contributed by atoms with Gasteiger partial charge in [-0.3, -0.25) is 0 Å². The second-order valence-corrected chi connectivity index (χ2v) is 5.68. The van der Waals surface area contributed by atoms with Crippen molar-refractivity contribution in [3.63, 3.8) is 0 Å². The van der Waals surface area contributed by atoms with Crippen LogP contribution < -0.4 is 9.88 Å². The molecule has 2 nitrogen and oxygen atoms in total. The van der Waals surface area contributed by atoms with Crippen LogP contribution in [0.25, 0.3) is 17.0 Å². The monoisotopic (exact) mass is 305 g/mol. The first-order valence-electron chi connectivity index (χ1n) is 7.86. The maximum atomic E-state index is 2.96. The van der Waals surface area contributed by atoms with Gasteiger partial charge in [-0.05, 0) is 43.3 Å². The van der Waals surface area contributed by atoms with Gasteiger partial charge < -0.3 is 5.32 Å². The van der Waals surface area contributed by atoms with Gasteiger partial charge >= 0.3 is 0 Å². The third-order valence-corrected chi connectivity index (χ3v) is 3.69. The van der Waals surface area contributed by atoms with Crippen LogP contribution >= 0.6 is 0 Å². The normalized spacial score (nSPS) is 13.0. The zero-order valence-corrected chi connectivity index (χ0v) is 14.4. The maximum Gasteiger partial charge on any atom is 0.213 e. The molecule has 1 aromatic carbocycles. The summed E-state index contributed by atoms with van der Waals surface area (Å²) < 4.78 is 2.17. The Hall–Kier alpha value is -2.61. The van der Waals surface area contributed by atoms with Crippen LogP contribution in [0.1, 0.15) is 18.1 Å². The lowest BCUT2D eigenvalue weighted by Gasteiger charge is -2.02. The minimum absolute atomic E-state index is 1.22. The molecule has 2 rings (SSSR count). The molecule has 2 heteroatoms. The van der Waals surface area contributed by atoms with Crippen molar-refractivity contribution in [2.24, 2.45) is 7.05 Å². The van der Waals surface area contributed by atoms with Crippen LogP contribution in [0.3, 0.4) is 0 Å². The number of allylic oxidation sites excluding steroid dienone is 6. The van der Waals surface area contributed by atoms with Crippen molar-refractivity contribution in [3.05, 3.63) is 83.7 Å². The zero-order valence-electron chi connectivity index (χ0n) is 14.4. The molecule has 0 radical (unpaired) electrons. The topological polar surface area (TPSA) is 15.9 Å². The Labute approximate surface area is 139 Å². The van der Waals surface area contributed by atoms with E-state index in [2.05, 4.69) is 79.5 Å². The van der Waals surface area contributed by atoms with Gasteiger partial charge in [-0.15, -0.1) is 0 Å². The number of nitrogens with zero attached hydrogens (tertiary/aromatic N) is 1. The molecule has 0 bridgehead atoms. The van der Waals surface area contributed by atoms with E-state index in [4.69, 9.17) is 0 Å². The van der Waals surface area contributed by atoms with E-state index in [0.717, 1.165) is 0 Å². The number of aromatic nitrogens is 1. The number of pyridine rings is 1. The van der Waals surface area contributed by atoms with Gasteiger partial charge in [-0.1, -0.05) is 42.0 Å². The highest BCUT2D eigenvalue weighted by molar-refractivity contribution is 5.86. The van der Waals surface area contributed by atoms with Gasteiger partial charge in [-0.25, -0.2) is 4.57 Å². The maximum absolute atomic E-state index is 2.96. The average Bonchev–Trinajstić information content (AvgIpc) is 2.54. The van der Waals surface area contributed by atoms with Crippen molar-refractivity contribution in [3.8, 4) is 0 Å². The second kappa shape index (κ2) is 8.14. The SMILES string of the molecule is CNC=CC=CC=C(C)C=Cc1cc[n+](C)c2cc(C)ccc12. The van der Waals surface area contributed by atoms with E-state index in [1.54, 1.807) is 0 Å². The van der Waals surface area contributed by atoms with Gasteiger partial charge in [0.05, 0.1) is 5.39 Å². The largest absolute Gasteiger partial charge is 0.394 e. The molecule has 0 unspecified atom stereocenters. The highest BCUT2D eigenvalue weighted by atomic mass is 14.9. The van der Waals surface area contributed by atoms with Gasteiger partial charge in [0.1, 0.15) is 7.05 Å². The van der Waals surface area contributed by atoms with Crippen LogP contribution in [0, 0.1) is 6.92 Å². The summed E-state index contributed by atoms with van der Waals surface area (Å²) >= 11 is 0. The van der Waals surface area contributed by atoms with E-state index in [1.807, 2.05) is 31.5 Å². The fraction of sp³-hybridized carbons (Fsp3) is 0.190. The molecular formula is C21H25N2+. The molecule has 0 fully saturated rings. The number of benzene rings is 1. The van der Waals surface area contributed by atoms with E-state index in [0.29, 0.717) is 0 Å². The third kappa shape index (κ3) is 4.68. The minimum atomic E-state index is 1.22. The van der Waals surface area contributed by atoms with Gasteiger partial charge in [0.25, 0.3) is 0 Å². The Balaban J connectivity index is 2.24. The second-order valence-electron chi connectivity index (χ2n) is 5.68. The molecule has 118 valence electrons. The van der Waals surface area contributed by atoms with E-state index in [9.17, 15) is 0 Å². The number of nitrogens with one attached hydrogen (secondary N) is 1. The molecule has 2 aromatic rings. The van der Waals surface area contributed by atoms with E-state index in [1.165, 1.54) is 27.6 Å². The fourth-order valence-corrected chi connectivity index (χ4v) is 2.39. The summed E-state index contributed by atoms with van der Waals surface area (Å²) in [5.74, 6) is 0. The van der Waals surface area contributed by atoms with E-state index < -0.39 is 0 Å². The summed E-state index contributed by atoms with van der Waals surface area (Å²) in [7, 11) is 3.98. The Morgan fingerprint density at radius 2 is 1.96 bits per heavy atom. The first-order chi connectivity index (χ1) is 11.1. The molecule has 0 amide bonds. The summed E-state index contributed by atoms with van der Waals surface area (Å²) in [6.07, 6.45) is 16.5. The quantitative estimate of drug-likeness (QED) is 0.646. The zero-order chi connectivity index (χ0) is 16.7. The molecular weight excluding hydrogens is 280 g/mol. The summed E-state index contributed by atoms with van der Waals surface area (Å²) in [5, 5.41) is 4.23. The van der Waals surface area contributed by atoms with Gasteiger partial charge in [0, 0.05) is 19.2 Å². The van der Waals surface area contributed by atoms with Crippen molar-refractivity contribution in [2.45, 2.75) is 13.8 Å². The highest BCUT2D eigenvalue weighted by Crippen LogP contribution is 2.18. The molecule has 0 spiro atoms. The predicted molar refractivity (Wildman–Crippen MR) is 100.0 cm³/mol. The van der Waals surface area contributed by atoms with Crippen molar-refractivity contribution in [1.29, 1.82) is 0 Å². The lowest BCUT2D eigenvalue weighted by atomic mass is 10.1. The van der Waals surface area contributed by atoms with Gasteiger partial charge in [-0.2, -0.15) is 0 Å². The van der Waals surface area contributed by atoms with Crippen LogP contribution in [0.4, 0.5) is 0 Å². The van der Waals surface area contributed by atoms with Crippen molar-refractivity contribution >= 4 is 17.0 Å². The van der Waals surface area contributed by atoms with Gasteiger partial charge in [0.15, 0.2) is 6.20 Å². The summed E-state index contributed by atoms with van der Waals surface area (Å²) in [6, 6.07) is 8.75. The first kappa shape index (κ1) is 16.8. The molecule has 23 heavy (non-hydrogen) atoms. The summed E-state index contributed by atoms with van der Waals surface area (Å²) in [5.41, 5.74) is 4.99. The Bertz CT molecular complexity index is 793. The highest BCUT2D eigenvalue weighted by Gasteiger charge is 2.07. The number of hydrogen-bond acceptors (Lipinski definition) is 1. The number of rotatable bonds is 5. The fourth-order valence-electron chi connectivity index (χ4n) is 2.39. The molecule has 0 aliphatic heterocycles. The third-order valence-electron chi connectivity index (χ3n) is 3.69. The first-order valence-corrected chi connectivity index (χ1v) is 7.86. The summed E-state index contributed by atoms with van der Waals surface area (Å²) in [4.78, 5) is 0. The van der Waals surface area contributed by atoms with E-state index in [-0.39, 0.29) is 0 Å². The molecule has 0 saturated heterocycles. The lowest BCUT2D eigenvalue weighted by Crippen LogP contribution is -2.28. The Morgan fingerprint density at radius 1 is 1.13 bits per heavy atom. The predicted octanol–water partition coefficient (Wildman–Crippen LogP) is 4.22. The number of hydrogen-bond donors (Lipinski definition) is 1. The molecule has 0 atom stereocenters. The van der Waals surface area contributed by atoms with E-state index >= 15 is 0 Å². The summed E-state index contributed by atoms with van der Waals surface area (Å²) in [6.45, 7) is 4.24. The van der Waals surface area contributed by atoms with Crippen LogP contribution in [0.15, 0.2) is 72.6 Å².